The van der Waals surface area contributed by atoms with Gasteiger partial charge in [0.1, 0.15) is 17.4 Å². The number of aromatic nitrogens is 3. The van der Waals surface area contributed by atoms with Gasteiger partial charge in [0.05, 0.1) is 24.9 Å². The van der Waals surface area contributed by atoms with Gasteiger partial charge in [-0.25, -0.2) is 4.98 Å². The molecule has 2 saturated heterocycles. The lowest BCUT2D eigenvalue weighted by atomic mass is 9.86. The molecule has 38 heavy (non-hydrogen) atoms. The molecule has 3 aliphatic heterocycles. The highest BCUT2D eigenvalue weighted by atomic mass is 16.7. The molecule has 12 nitrogen and oxygen atoms in total. The topological polar surface area (TPSA) is 150 Å². The Kier molecular flexibility index (Phi) is 7.31. The van der Waals surface area contributed by atoms with Crippen molar-refractivity contribution in [2.75, 3.05) is 32.8 Å². The number of ether oxygens (including phenoxy) is 1. The lowest BCUT2D eigenvalue weighted by Crippen LogP contribution is -2.48. The van der Waals surface area contributed by atoms with Crippen LogP contribution in [-0.2, 0) is 19.2 Å². The number of morpholine rings is 1. The normalized spacial score (nSPS) is 20.3. The van der Waals surface area contributed by atoms with E-state index in [1.165, 1.54) is 0 Å². The van der Waals surface area contributed by atoms with Gasteiger partial charge in [-0.3, -0.25) is 19.5 Å². The molecule has 2 amide bonds. The van der Waals surface area contributed by atoms with Crippen molar-refractivity contribution in [1.29, 1.82) is 0 Å². The van der Waals surface area contributed by atoms with Crippen LogP contribution in [0.3, 0.4) is 0 Å². The van der Waals surface area contributed by atoms with Crippen molar-refractivity contribution in [1.82, 2.24) is 25.0 Å². The number of piperidine rings is 1. The predicted octanol–water partition coefficient (Wildman–Crippen LogP) is 2.01. The van der Waals surface area contributed by atoms with E-state index in [4.69, 9.17) is 19.5 Å². The van der Waals surface area contributed by atoms with Crippen molar-refractivity contribution < 1.29 is 29.1 Å². The third-order valence-electron chi connectivity index (χ3n) is 7.11. The summed E-state index contributed by atoms with van der Waals surface area (Å²) in [6.45, 7) is 2.33. The van der Waals surface area contributed by atoms with Gasteiger partial charge in [-0.05, 0) is 11.6 Å². The van der Waals surface area contributed by atoms with E-state index in [0.717, 1.165) is 10.9 Å². The number of likely N-dealkylation sites (tertiary alicyclic amines) is 1. The van der Waals surface area contributed by atoms with E-state index in [0.29, 0.717) is 69.0 Å². The van der Waals surface area contributed by atoms with E-state index in [1.807, 2.05) is 35.2 Å². The number of aromatic amines is 1. The summed E-state index contributed by atoms with van der Waals surface area (Å²) in [5, 5.41) is 18.6. The van der Waals surface area contributed by atoms with E-state index < -0.39 is 5.60 Å². The predicted molar refractivity (Wildman–Crippen MR) is 135 cm³/mol. The number of carbonyl (C=O) groups is 3. The monoisotopic (exact) mass is 520 g/mol. The maximum atomic E-state index is 13.2. The molecular weight excluding hydrogens is 492 g/mol. The number of carbonyl (C=O) groups excluding carboxylic acids is 2. The molecular formula is C26H28N6O6. The lowest BCUT2D eigenvalue weighted by molar-refractivity contribution is -0.132. The van der Waals surface area contributed by atoms with Crippen molar-refractivity contribution in [3.05, 3.63) is 59.9 Å². The quantitative estimate of drug-likeness (QED) is 0.498. The molecule has 1 atom stereocenters. The van der Waals surface area contributed by atoms with Gasteiger partial charge < -0.3 is 24.5 Å². The molecule has 12 heteroatoms. The first kappa shape index (κ1) is 25.3. The Labute approximate surface area is 218 Å². The molecule has 0 radical (unpaired) electrons. The SMILES string of the molecule is O=C(C1=NOC2(CCN(C(=O)c3cnc4[nH]ncc4c3)CC2)C1)N1CCOC(c2ccccc2)C1.O=CO. The van der Waals surface area contributed by atoms with Gasteiger partial charge in [0.25, 0.3) is 18.3 Å². The minimum Gasteiger partial charge on any atom is -0.483 e. The zero-order chi connectivity index (χ0) is 26.5. The van der Waals surface area contributed by atoms with Crippen molar-refractivity contribution in [3.8, 4) is 0 Å². The molecule has 0 saturated carbocycles. The fourth-order valence-electron chi connectivity index (χ4n) is 5.04. The molecule has 0 aliphatic carbocycles. The van der Waals surface area contributed by atoms with Gasteiger partial charge in [0.15, 0.2) is 5.65 Å². The number of benzene rings is 1. The summed E-state index contributed by atoms with van der Waals surface area (Å²) in [6, 6.07) is 11.7. The molecule has 0 bridgehead atoms. The molecule has 3 aliphatic rings. The van der Waals surface area contributed by atoms with Crippen LogP contribution in [0, 0.1) is 0 Å². The van der Waals surface area contributed by atoms with Crippen LogP contribution in [0.25, 0.3) is 11.0 Å². The second-order valence-electron chi connectivity index (χ2n) is 9.44. The number of pyridine rings is 1. The van der Waals surface area contributed by atoms with E-state index in [9.17, 15) is 9.59 Å². The van der Waals surface area contributed by atoms with E-state index in [-0.39, 0.29) is 24.4 Å². The third-order valence-corrected chi connectivity index (χ3v) is 7.11. The first-order valence-electron chi connectivity index (χ1n) is 12.4. The van der Waals surface area contributed by atoms with Gasteiger partial charge >= 0.3 is 0 Å². The van der Waals surface area contributed by atoms with Gasteiger partial charge in [0.2, 0.25) is 0 Å². The fourth-order valence-corrected chi connectivity index (χ4v) is 5.04. The highest BCUT2D eigenvalue weighted by Gasteiger charge is 2.45. The van der Waals surface area contributed by atoms with Gasteiger partial charge in [-0.15, -0.1) is 0 Å². The molecule has 2 aromatic heterocycles. The summed E-state index contributed by atoms with van der Waals surface area (Å²) < 4.78 is 5.89. The molecule has 2 fully saturated rings. The molecule has 2 N–H and O–H groups in total. The van der Waals surface area contributed by atoms with E-state index >= 15 is 0 Å². The molecule has 3 aromatic rings. The number of oxime groups is 1. The van der Waals surface area contributed by atoms with E-state index in [1.54, 1.807) is 23.4 Å². The molecule has 5 heterocycles. The number of hydrogen-bond acceptors (Lipinski definition) is 8. The number of rotatable bonds is 3. The van der Waals surface area contributed by atoms with Crippen molar-refractivity contribution in [2.24, 2.45) is 5.16 Å². The van der Waals surface area contributed by atoms with Crippen LogP contribution in [-0.4, -0.2) is 92.5 Å². The second-order valence-corrected chi connectivity index (χ2v) is 9.44. The minimum absolute atomic E-state index is 0.0639. The van der Waals surface area contributed by atoms with Crippen molar-refractivity contribution >= 4 is 35.0 Å². The molecule has 6 rings (SSSR count). The number of nitrogens with one attached hydrogen (secondary N) is 1. The van der Waals surface area contributed by atoms with Gasteiger partial charge in [-0.2, -0.15) is 5.10 Å². The number of amides is 2. The summed E-state index contributed by atoms with van der Waals surface area (Å²) in [6.07, 6.45) is 4.79. The second kappa shape index (κ2) is 11.0. The lowest BCUT2D eigenvalue weighted by Gasteiger charge is -2.37. The summed E-state index contributed by atoms with van der Waals surface area (Å²) in [5.74, 6) is -0.157. The first-order chi connectivity index (χ1) is 18.5. The zero-order valence-corrected chi connectivity index (χ0v) is 20.7. The molecule has 1 unspecified atom stereocenters. The molecule has 1 spiro atoms. The average molecular weight is 521 g/mol. The smallest absolute Gasteiger partial charge is 0.290 e. The minimum atomic E-state index is -0.528. The summed E-state index contributed by atoms with van der Waals surface area (Å²) in [5.41, 5.74) is 2.18. The van der Waals surface area contributed by atoms with Crippen molar-refractivity contribution in [2.45, 2.75) is 31.0 Å². The van der Waals surface area contributed by atoms with E-state index in [2.05, 4.69) is 20.3 Å². The van der Waals surface area contributed by atoms with Gasteiger partial charge in [-0.1, -0.05) is 35.5 Å². The maximum Gasteiger partial charge on any atom is 0.290 e. The summed E-state index contributed by atoms with van der Waals surface area (Å²) in [4.78, 5) is 48.3. The van der Waals surface area contributed by atoms with Crippen LogP contribution < -0.4 is 0 Å². The fraction of sp³-hybridized carbons (Fsp3) is 0.385. The number of fused-ring (bicyclic) bond motifs is 1. The van der Waals surface area contributed by atoms with Crippen LogP contribution in [0.2, 0.25) is 0 Å². The van der Waals surface area contributed by atoms with Gasteiger partial charge in [0, 0.05) is 50.5 Å². The van der Waals surface area contributed by atoms with Crippen LogP contribution in [0.4, 0.5) is 0 Å². The van der Waals surface area contributed by atoms with Crippen molar-refractivity contribution in [3.63, 3.8) is 0 Å². The Bertz CT molecular complexity index is 1330. The molecule has 198 valence electrons. The molecule has 1 aromatic carbocycles. The zero-order valence-electron chi connectivity index (χ0n) is 20.7. The Hall–Kier alpha value is -4.32. The Morgan fingerprint density at radius 2 is 1.84 bits per heavy atom. The average Bonchev–Trinajstić information content (AvgIpc) is 3.61. The number of carboxylic acid groups (broad SMARTS) is 1. The maximum absolute atomic E-state index is 13.2. The van der Waals surface area contributed by atoms with Crippen LogP contribution in [0.15, 0.2) is 53.9 Å². The number of hydrogen-bond donors (Lipinski definition) is 2. The third kappa shape index (κ3) is 5.21. The Balaban J connectivity index is 0.000000937. The standard InChI is InChI=1S/C25H26N6O4.CH2O2/c32-23(19-12-18-15-27-28-22(18)26-14-19)30-8-6-25(7-9-30)13-20(29-35-25)24(33)31-10-11-34-21(16-31)17-4-2-1-3-5-17;2-1-3/h1-5,12,14-15,21H,6-11,13,16H2,(H,26,27,28);1H,(H,2,3). The highest BCUT2D eigenvalue weighted by Crippen LogP contribution is 2.36. The first-order valence-corrected chi connectivity index (χ1v) is 12.4. The summed E-state index contributed by atoms with van der Waals surface area (Å²) in [7, 11) is 0. The number of H-pyrrole nitrogens is 1. The van der Waals surface area contributed by atoms with Crippen LogP contribution >= 0.6 is 0 Å². The Morgan fingerprint density at radius 3 is 2.61 bits per heavy atom. The van der Waals surface area contributed by atoms with Crippen LogP contribution in [0.5, 0.6) is 0 Å². The Morgan fingerprint density at radius 1 is 1.08 bits per heavy atom. The highest BCUT2D eigenvalue weighted by molar-refractivity contribution is 6.39. The largest absolute Gasteiger partial charge is 0.483 e. The number of nitrogens with zero attached hydrogens (tertiary/aromatic N) is 5. The summed E-state index contributed by atoms with van der Waals surface area (Å²) >= 11 is 0. The van der Waals surface area contributed by atoms with Crippen LogP contribution in [0.1, 0.15) is 41.3 Å².